The van der Waals surface area contributed by atoms with Crippen LogP contribution in [-0.4, -0.2) is 12.2 Å². The predicted octanol–water partition coefficient (Wildman–Crippen LogP) is 3.66. The summed E-state index contributed by atoms with van der Waals surface area (Å²) in [7, 11) is 0. The van der Waals surface area contributed by atoms with Crippen molar-refractivity contribution in [3.8, 4) is 0 Å². The van der Waals surface area contributed by atoms with Gasteiger partial charge in [0.25, 0.3) is 0 Å². The molecule has 90 valence electrons. The van der Waals surface area contributed by atoms with E-state index in [0.717, 1.165) is 10.0 Å². The molecule has 1 nitrogen and oxygen atoms in total. The van der Waals surface area contributed by atoms with Crippen LogP contribution in [0.3, 0.4) is 0 Å². The highest BCUT2D eigenvalue weighted by molar-refractivity contribution is 9.10. The Morgan fingerprint density at radius 1 is 1.19 bits per heavy atom. The van der Waals surface area contributed by atoms with Gasteiger partial charge in [0.05, 0.1) is 0 Å². The quantitative estimate of drug-likeness (QED) is 0.901. The van der Waals surface area contributed by atoms with Gasteiger partial charge >= 0.3 is 6.18 Å². The van der Waals surface area contributed by atoms with Gasteiger partial charge in [-0.3, -0.25) is 0 Å². The topological polar surface area (TPSA) is 26.0 Å². The lowest BCUT2D eigenvalue weighted by molar-refractivity contribution is -0.136. The van der Waals surface area contributed by atoms with Crippen LogP contribution in [0.5, 0.6) is 0 Å². The predicted molar refractivity (Wildman–Crippen MR) is 61.1 cm³/mol. The molecule has 0 aliphatic heterocycles. The monoisotopic (exact) mass is 295 g/mol. The minimum Gasteiger partial charge on any atom is -0.327 e. The van der Waals surface area contributed by atoms with Crippen LogP contribution in [-0.2, 0) is 6.42 Å². The first-order valence-corrected chi connectivity index (χ1v) is 5.73. The van der Waals surface area contributed by atoms with Gasteiger partial charge in [0, 0.05) is 16.9 Å². The summed E-state index contributed by atoms with van der Waals surface area (Å²) < 4.78 is 36.8. The van der Waals surface area contributed by atoms with E-state index in [1.165, 1.54) is 0 Å². The third-order valence-corrected chi connectivity index (χ3v) is 2.74. The van der Waals surface area contributed by atoms with Crippen molar-refractivity contribution in [2.24, 2.45) is 5.73 Å². The van der Waals surface area contributed by atoms with E-state index >= 15 is 0 Å². The molecule has 0 spiro atoms. The fraction of sp³-hybridized carbons (Fsp3) is 0.455. The van der Waals surface area contributed by atoms with Gasteiger partial charge in [-0.2, -0.15) is 13.2 Å². The van der Waals surface area contributed by atoms with Gasteiger partial charge in [-0.15, -0.1) is 0 Å². The maximum absolute atomic E-state index is 11.9. The maximum Gasteiger partial charge on any atom is 0.389 e. The standard InChI is InChI=1S/C11H13BrF3N/c12-9-3-1-8(2-4-9)7-10(16)5-6-11(13,14)15/h1-4,10H,5-7,16H2. The molecule has 0 aliphatic rings. The van der Waals surface area contributed by atoms with Crippen molar-refractivity contribution < 1.29 is 13.2 Å². The molecule has 5 heteroatoms. The van der Waals surface area contributed by atoms with Crippen molar-refractivity contribution in [3.63, 3.8) is 0 Å². The third kappa shape index (κ3) is 5.51. The minimum atomic E-state index is -4.11. The molecule has 0 bridgehead atoms. The number of hydrogen-bond acceptors (Lipinski definition) is 1. The Bertz CT molecular complexity index is 321. The van der Waals surface area contributed by atoms with Crippen LogP contribution >= 0.6 is 15.9 Å². The maximum atomic E-state index is 11.9. The molecule has 1 unspecified atom stereocenters. The van der Waals surface area contributed by atoms with E-state index in [4.69, 9.17) is 5.73 Å². The summed E-state index contributed by atoms with van der Waals surface area (Å²) in [5.74, 6) is 0. The molecule has 0 heterocycles. The Labute approximate surface area is 101 Å². The first-order chi connectivity index (χ1) is 7.37. The van der Waals surface area contributed by atoms with Gasteiger partial charge in [0.15, 0.2) is 0 Å². The largest absolute Gasteiger partial charge is 0.389 e. The van der Waals surface area contributed by atoms with E-state index in [9.17, 15) is 13.2 Å². The van der Waals surface area contributed by atoms with Gasteiger partial charge in [0.1, 0.15) is 0 Å². The van der Waals surface area contributed by atoms with Crippen molar-refractivity contribution in [2.75, 3.05) is 0 Å². The molecule has 0 fully saturated rings. The summed E-state index contributed by atoms with van der Waals surface area (Å²) in [5.41, 5.74) is 6.60. The fourth-order valence-electron chi connectivity index (χ4n) is 1.37. The zero-order chi connectivity index (χ0) is 12.2. The molecule has 0 saturated carbocycles. The van der Waals surface area contributed by atoms with Crippen LogP contribution in [0.15, 0.2) is 28.7 Å². The summed E-state index contributed by atoms with van der Waals surface area (Å²) in [5, 5.41) is 0. The molecule has 0 amide bonds. The smallest absolute Gasteiger partial charge is 0.327 e. The van der Waals surface area contributed by atoms with Crippen LogP contribution < -0.4 is 5.73 Å². The Balaban J connectivity index is 2.39. The molecule has 1 rings (SSSR count). The molecular formula is C11H13BrF3N. The highest BCUT2D eigenvalue weighted by Gasteiger charge is 2.27. The number of nitrogens with two attached hydrogens (primary N) is 1. The lowest BCUT2D eigenvalue weighted by Crippen LogP contribution is -2.25. The summed E-state index contributed by atoms with van der Waals surface area (Å²) in [4.78, 5) is 0. The molecule has 1 aromatic carbocycles. The van der Waals surface area contributed by atoms with Crippen LogP contribution in [0.4, 0.5) is 13.2 Å². The molecule has 0 aromatic heterocycles. The Kier molecular flexibility index (Phi) is 4.80. The van der Waals surface area contributed by atoms with E-state index in [-0.39, 0.29) is 6.42 Å². The van der Waals surface area contributed by atoms with E-state index in [1.807, 2.05) is 24.3 Å². The third-order valence-electron chi connectivity index (χ3n) is 2.21. The molecule has 1 aromatic rings. The minimum absolute atomic E-state index is 0.0282. The van der Waals surface area contributed by atoms with Gasteiger partial charge in [0.2, 0.25) is 0 Å². The van der Waals surface area contributed by atoms with Gasteiger partial charge in [-0.05, 0) is 30.5 Å². The van der Waals surface area contributed by atoms with Crippen molar-refractivity contribution >= 4 is 15.9 Å². The molecule has 0 radical (unpaired) electrons. The summed E-state index contributed by atoms with van der Waals surface area (Å²) in [6.45, 7) is 0. The number of rotatable bonds is 4. The Morgan fingerprint density at radius 3 is 2.25 bits per heavy atom. The highest BCUT2D eigenvalue weighted by Crippen LogP contribution is 2.22. The van der Waals surface area contributed by atoms with E-state index in [0.29, 0.717) is 6.42 Å². The van der Waals surface area contributed by atoms with E-state index in [1.54, 1.807) is 0 Å². The zero-order valence-electron chi connectivity index (χ0n) is 8.60. The molecule has 2 N–H and O–H groups in total. The number of hydrogen-bond donors (Lipinski definition) is 1. The zero-order valence-corrected chi connectivity index (χ0v) is 10.2. The molecule has 0 aliphatic carbocycles. The van der Waals surface area contributed by atoms with Crippen LogP contribution in [0.2, 0.25) is 0 Å². The lowest BCUT2D eigenvalue weighted by Gasteiger charge is -2.13. The van der Waals surface area contributed by atoms with Gasteiger partial charge < -0.3 is 5.73 Å². The van der Waals surface area contributed by atoms with Gasteiger partial charge in [-0.1, -0.05) is 28.1 Å². The lowest BCUT2D eigenvalue weighted by atomic mass is 10.0. The van der Waals surface area contributed by atoms with Crippen molar-refractivity contribution in [3.05, 3.63) is 34.3 Å². The first-order valence-electron chi connectivity index (χ1n) is 4.93. The SMILES string of the molecule is NC(CCC(F)(F)F)Cc1ccc(Br)cc1. The highest BCUT2D eigenvalue weighted by atomic mass is 79.9. The molecule has 0 saturated heterocycles. The normalized spacial score (nSPS) is 13.8. The average molecular weight is 296 g/mol. The van der Waals surface area contributed by atoms with Crippen LogP contribution in [0, 0.1) is 0 Å². The summed E-state index contributed by atoms with van der Waals surface area (Å²) >= 11 is 3.29. The van der Waals surface area contributed by atoms with Crippen LogP contribution in [0.1, 0.15) is 18.4 Å². The second-order valence-electron chi connectivity index (χ2n) is 3.74. The van der Waals surface area contributed by atoms with E-state index in [2.05, 4.69) is 15.9 Å². The number of alkyl halides is 3. The Hall–Kier alpha value is -0.550. The van der Waals surface area contributed by atoms with E-state index < -0.39 is 18.6 Å². The second-order valence-corrected chi connectivity index (χ2v) is 4.66. The fourth-order valence-corrected chi connectivity index (χ4v) is 1.64. The number of benzene rings is 1. The van der Waals surface area contributed by atoms with Crippen molar-refractivity contribution in [1.29, 1.82) is 0 Å². The first kappa shape index (κ1) is 13.5. The van der Waals surface area contributed by atoms with Crippen LogP contribution in [0.25, 0.3) is 0 Å². The average Bonchev–Trinajstić information content (AvgIpc) is 2.18. The Morgan fingerprint density at radius 2 is 1.75 bits per heavy atom. The van der Waals surface area contributed by atoms with Gasteiger partial charge in [-0.25, -0.2) is 0 Å². The molecular weight excluding hydrogens is 283 g/mol. The molecule has 1 atom stereocenters. The number of halogens is 4. The summed E-state index contributed by atoms with van der Waals surface area (Å²) in [6.07, 6.45) is -4.48. The second kappa shape index (κ2) is 5.68. The van der Waals surface area contributed by atoms with Crippen molar-refractivity contribution in [1.82, 2.24) is 0 Å². The molecule has 16 heavy (non-hydrogen) atoms. The summed E-state index contributed by atoms with van der Waals surface area (Å²) in [6, 6.07) is 6.98. The van der Waals surface area contributed by atoms with Crippen molar-refractivity contribution in [2.45, 2.75) is 31.5 Å².